The predicted molar refractivity (Wildman–Crippen MR) is 77.2 cm³/mol. The molecule has 0 aliphatic carbocycles. The number of carbonyl (C=O) groups excluding carboxylic acids is 2. The highest BCUT2D eigenvalue weighted by molar-refractivity contribution is 5.74. The van der Waals surface area contributed by atoms with Crippen LogP contribution < -0.4 is 14.8 Å². The molecule has 0 saturated heterocycles. The first-order chi connectivity index (χ1) is 10.2. The Kier molecular flexibility index (Phi) is 5.34. The lowest BCUT2D eigenvalue weighted by Gasteiger charge is -2.06. The Morgan fingerprint density at radius 2 is 1.33 bits per heavy atom. The lowest BCUT2D eigenvalue weighted by atomic mass is 10.3. The van der Waals surface area contributed by atoms with Crippen LogP contribution in [0.1, 0.15) is 6.42 Å². The van der Waals surface area contributed by atoms with Gasteiger partial charge in [-0.2, -0.15) is 0 Å². The van der Waals surface area contributed by atoms with E-state index in [0.717, 1.165) is 0 Å². The SMILES string of the molecule is O=C(CCNC(=O)Oc1ccccc1)Oc1ccccc1. The van der Waals surface area contributed by atoms with Crippen LogP contribution in [0.3, 0.4) is 0 Å². The molecule has 0 heterocycles. The molecule has 0 aromatic heterocycles. The molecule has 0 aliphatic rings. The summed E-state index contributed by atoms with van der Waals surface area (Å²) in [5.74, 6) is 0.512. The fourth-order valence-corrected chi connectivity index (χ4v) is 1.57. The van der Waals surface area contributed by atoms with Crippen molar-refractivity contribution >= 4 is 12.1 Å². The van der Waals surface area contributed by atoms with Crippen molar-refractivity contribution in [3.05, 3.63) is 60.7 Å². The van der Waals surface area contributed by atoms with E-state index in [9.17, 15) is 9.59 Å². The Bertz CT molecular complexity index is 530. The zero-order valence-electron chi connectivity index (χ0n) is 11.3. The van der Waals surface area contributed by atoms with Gasteiger partial charge in [0.25, 0.3) is 0 Å². The van der Waals surface area contributed by atoms with Gasteiger partial charge in [0.15, 0.2) is 0 Å². The van der Waals surface area contributed by atoms with Crippen LogP contribution in [0.25, 0.3) is 0 Å². The molecular weight excluding hydrogens is 270 g/mol. The summed E-state index contributed by atoms with van der Waals surface area (Å²) in [6, 6.07) is 17.5. The Hall–Kier alpha value is -2.82. The minimum Gasteiger partial charge on any atom is -0.426 e. The van der Waals surface area contributed by atoms with Gasteiger partial charge >= 0.3 is 12.1 Å². The van der Waals surface area contributed by atoms with E-state index in [1.54, 1.807) is 48.5 Å². The molecule has 0 bridgehead atoms. The molecule has 108 valence electrons. The van der Waals surface area contributed by atoms with E-state index in [4.69, 9.17) is 9.47 Å². The number of para-hydroxylation sites is 2. The third-order valence-electron chi connectivity index (χ3n) is 2.53. The summed E-state index contributed by atoms with van der Waals surface area (Å²) >= 11 is 0. The normalized spacial score (nSPS) is 9.71. The number of carbonyl (C=O) groups is 2. The largest absolute Gasteiger partial charge is 0.426 e. The second-order valence-electron chi connectivity index (χ2n) is 4.17. The van der Waals surface area contributed by atoms with E-state index in [0.29, 0.717) is 11.5 Å². The number of nitrogens with one attached hydrogen (secondary N) is 1. The average Bonchev–Trinajstić information content (AvgIpc) is 2.49. The van der Waals surface area contributed by atoms with Gasteiger partial charge in [-0.3, -0.25) is 4.79 Å². The van der Waals surface area contributed by atoms with Gasteiger partial charge < -0.3 is 14.8 Å². The summed E-state index contributed by atoms with van der Waals surface area (Å²) in [6.07, 6.45) is -0.535. The van der Waals surface area contributed by atoms with Crippen molar-refractivity contribution < 1.29 is 19.1 Å². The van der Waals surface area contributed by atoms with Crippen molar-refractivity contribution in [3.63, 3.8) is 0 Å². The first kappa shape index (κ1) is 14.6. The van der Waals surface area contributed by atoms with Crippen LogP contribution in [0.4, 0.5) is 4.79 Å². The monoisotopic (exact) mass is 285 g/mol. The summed E-state index contributed by atoms with van der Waals surface area (Å²) in [5.41, 5.74) is 0. The lowest BCUT2D eigenvalue weighted by molar-refractivity contribution is -0.134. The molecule has 0 saturated carbocycles. The van der Waals surface area contributed by atoms with Gasteiger partial charge in [-0.1, -0.05) is 36.4 Å². The highest BCUT2D eigenvalue weighted by Crippen LogP contribution is 2.09. The van der Waals surface area contributed by atoms with E-state index in [1.807, 2.05) is 12.1 Å². The molecule has 0 unspecified atom stereocenters. The summed E-state index contributed by atoms with van der Waals surface area (Å²) < 4.78 is 10.1. The Morgan fingerprint density at radius 3 is 1.90 bits per heavy atom. The van der Waals surface area contributed by atoms with Gasteiger partial charge in [-0.05, 0) is 24.3 Å². The van der Waals surface area contributed by atoms with Gasteiger partial charge in [0.2, 0.25) is 0 Å². The number of ether oxygens (including phenoxy) is 2. The van der Waals surface area contributed by atoms with Crippen LogP contribution in [-0.4, -0.2) is 18.6 Å². The molecular formula is C16H15NO4. The summed E-state index contributed by atoms with van der Waals surface area (Å²) in [4.78, 5) is 23.0. The van der Waals surface area contributed by atoms with Crippen LogP contribution in [0.2, 0.25) is 0 Å². The van der Waals surface area contributed by atoms with Gasteiger partial charge in [0, 0.05) is 6.54 Å². The molecule has 2 aromatic carbocycles. The maximum absolute atomic E-state index is 11.5. The second kappa shape index (κ2) is 7.69. The van der Waals surface area contributed by atoms with Gasteiger partial charge in [0.1, 0.15) is 11.5 Å². The van der Waals surface area contributed by atoms with Crippen molar-refractivity contribution in [3.8, 4) is 11.5 Å². The van der Waals surface area contributed by atoms with Crippen LogP contribution in [-0.2, 0) is 4.79 Å². The fraction of sp³-hybridized carbons (Fsp3) is 0.125. The van der Waals surface area contributed by atoms with Crippen molar-refractivity contribution in [1.82, 2.24) is 5.32 Å². The summed E-state index contributed by atoms with van der Waals surface area (Å²) in [6.45, 7) is 0.150. The predicted octanol–water partition coefficient (Wildman–Crippen LogP) is 2.77. The topological polar surface area (TPSA) is 64.6 Å². The van der Waals surface area contributed by atoms with Crippen LogP contribution in [0.15, 0.2) is 60.7 Å². The number of rotatable bonds is 5. The van der Waals surface area contributed by atoms with E-state index < -0.39 is 12.1 Å². The average molecular weight is 285 g/mol. The highest BCUT2D eigenvalue weighted by atomic mass is 16.6. The van der Waals surface area contributed by atoms with Gasteiger partial charge in [0.05, 0.1) is 6.42 Å². The number of benzene rings is 2. The smallest absolute Gasteiger partial charge is 0.412 e. The Labute approximate surface area is 122 Å². The summed E-state index contributed by atoms with van der Waals surface area (Å²) in [5, 5.41) is 2.49. The number of hydrogen-bond acceptors (Lipinski definition) is 4. The third-order valence-corrected chi connectivity index (χ3v) is 2.53. The molecule has 0 aliphatic heterocycles. The van der Waals surface area contributed by atoms with Crippen LogP contribution >= 0.6 is 0 Å². The molecule has 0 spiro atoms. The number of esters is 1. The zero-order chi connectivity index (χ0) is 14.9. The minimum absolute atomic E-state index is 0.0682. The molecule has 5 heteroatoms. The first-order valence-electron chi connectivity index (χ1n) is 6.50. The second-order valence-corrected chi connectivity index (χ2v) is 4.17. The fourth-order valence-electron chi connectivity index (χ4n) is 1.57. The maximum atomic E-state index is 11.5. The zero-order valence-corrected chi connectivity index (χ0v) is 11.3. The first-order valence-corrected chi connectivity index (χ1v) is 6.50. The molecule has 0 radical (unpaired) electrons. The number of amides is 1. The van der Waals surface area contributed by atoms with E-state index >= 15 is 0 Å². The highest BCUT2D eigenvalue weighted by Gasteiger charge is 2.07. The van der Waals surface area contributed by atoms with Gasteiger partial charge in [-0.25, -0.2) is 4.79 Å². The standard InChI is InChI=1S/C16H15NO4/c18-15(20-13-7-3-1-4-8-13)11-12-17-16(19)21-14-9-5-2-6-10-14/h1-10H,11-12H2,(H,17,19). The van der Waals surface area contributed by atoms with E-state index in [2.05, 4.69) is 5.32 Å². The molecule has 21 heavy (non-hydrogen) atoms. The maximum Gasteiger partial charge on any atom is 0.412 e. The minimum atomic E-state index is -0.603. The molecule has 1 N–H and O–H groups in total. The van der Waals surface area contributed by atoms with Crippen molar-refractivity contribution in [2.24, 2.45) is 0 Å². The molecule has 1 amide bonds. The van der Waals surface area contributed by atoms with Crippen molar-refractivity contribution in [1.29, 1.82) is 0 Å². The molecule has 2 rings (SSSR count). The lowest BCUT2D eigenvalue weighted by Crippen LogP contribution is -2.29. The van der Waals surface area contributed by atoms with Crippen molar-refractivity contribution in [2.75, 3.05) is 6.54 Å². The van der Waals surface area contributed by atoms with Crippen LogP contribution in [0.5, 0.6) is 11.5 Å². The third kappa shape index (κ3) is 5.36. The molecule has 0 atom stereocenters. The molecule has 2 aromatic rings. The Morgan fingerprint density at radius 1 is 0.810 bits per heavy atom. The quantitative estimate of drug-likeness (QED) is 0.677. The van der Waals surface area contributed by atoms with Gasteiger partial charge in [-0.15, -0.1) is 0 Å². The van der Waals surface area contributed by atoms with Crippen molar-refractivity contribution in [2.45, 2.75) is 6.42 Å². The Balaban J connectivity index is 1.67. The summed E-state index contributed by atoms with van der Waals surface area (Å²) in [7, 11) is 0. The molecule has 5 nitrogen and oxygen atoms in total. The van der Waals surface area contributed by atoms with E-state index in [-0.39, 0.29) is 13.0 Å². The van der Waals surface area contributed by atoms with E-state index in [1.165, 1.54) is 0 Å². The number of hydrogen-bond donors (Lipinski definition) is 1. The molecule has 0 fully saturated rings. The van der Waals surface area contributed by atoms with Crippen LogP contribution in [0, 0.1) is 0 Å².